The molecule has 0 radical (unpaired) electrons. The molecule has 9 heteroatoms. The molecule has 0 aliphatic rings. The molecule has 0 amide bonds. The Bertz CT molecular complexity index is 904. The van der Waals surface area contributed by atoms with Crippen molar-refractivity contribution in [3.63, 3.8) is 0 Å². The molecular weight excluding hydrogens is 455 g/mol. The fourth-order valence-corrected chi connectivity index (χ4v) is 5.23. The van der Waals surface area contributed by atoms with Gasteiger partial charge in [0.05, 0.1) is 26.0 Å². The monoisotopic (exact) mass is 484 g/mol. The first kappa shape index (κ1) is 25.6. The highest BCUT2D eigenvalue weighted by Crippen LogP contribution is 2.48. The van der Waals surface area contributed by atoms with Crippen LogP contribution in [0.2, 0.25) is 5.02 Å². The van der Waals surface area contributed by atoms with E-state index in [0.29, 0.717) is 28.1 Å². The number of rotatable bonds is 11. The number of hydrogen-bond acceptors (Lipinski definition) is 5. The van der Waals surface area contributed by atoms with Gasteiger partial charge in [0, 0.05) is 17.6 Å². The van der Waals surface area contributed by atoms with Crippen LogP contribution in [0, 0.1) is 6.92 Å². The molecule has 2 rings (SSSR count). The summed E-state index contributed by atoms with van der Waals surface area (Å²) in [4.78, 5) is 1.82. The summed E-state index contributed by atoms with van der Waals surface area (Å²) < 4.78 is 29.6. The topological polar surface area (TPSA) is 60.0 Å². The van der Waals surface area contributed by atoms with Crippen LogP contribution in [-0.2, 0) is 20.0 Å². The van der Waals surface area contributed by atoms with Gasteiger partial charge in [-0.1, -0.05) is 41.9 Å². The SMILES string of the molecule is CCOP(=O)(CN(CCc1ccccc1)C(=S)Nc1cc(C)c(Cl)cc1OC)OCC. The second-order valence-electron chi connectivity index (χ2n) is 6.82. The molecule has 0 saturated heterocycles. The van der Waals surface area contributed by atoms with Crippen molar-refractivity contribution >= 4 is 42.2 Å². The molecule has 31 heavy (non-hydrogen) atoms. The Morgan fingerprint density at radius 3 is 2.39 bits per heavy atom. The second kappa shape index (κ2) is 12.4. The van der Waals surface area contributed by atoms with E-state index in [1.165, 1.54) is 0 Å². The van der Waals surface area contributed by atoms with Crippen molar-refractivity contribution in [3.8, 4) is 5.75 Å². The van der Waals surface area contributed by atoms with E-state index < -0.39 is 7.60 Å². The number of methoxy groups -OCH3 is 1. The molecule has 6 nitrogen and oxygen atoms in total. The Kier molecular flexibility index (Phi) is 10.3. The number of anilines is 1. The molecule has 0 unspecified atom stereocenters. The Morgan fingerprint density at radius 1 is 1.16 bits per heavy atom. The van der Waals surface area contributed by atoms with Gasteiger partial charge >= 0.3 is 7.60 Å². The predicted molar refractivity (Wildman–Crippen MR) is 132 cm³/mol. The highest BCUT2D eigenvalue weighted by molar-refractivity contribution is 7.80. The zero-order chi connectivity index (χ0) is 22.9. The van der Waals surface area contributed by atoms with Gasteiger partial charge in [0.1, 0.15) is 12.0 Å². The molecule has 0 spiro atoms. The number of hydrogen-bond donors (Lipinski definition) is 1. The van der Waals surface area contributed by atoms with E-state index in [1.54, 1.807) is 27.0 Å². The first-order chi connectivity index (χ1) is 14.8. The molecule has 0 aromatic heterocycles. The van der Waals surface area contributed by atoms with Crippen molar-refractivity contribution in [2.24, 2.45) is 0 Å². The molecular formula is C22H30ClN2O4PS. The fraction of sp³-hybridized carbons (Fsp3) is 0.409. The van der Waals surface area contributed by atoms with E-state index >= 15 is 0 Å². The van der Waals surface area contributed by atoms with Crippen LogP contribution in [0.3, 0.4) is 0 Å². The van der Waals surface area contributed by atoms with Gasteiger partial charge in [0.2, 0.25) is 0 Å². The van der Waals surface area contributed by atoms with E-state index in [0.717, 1.165) is 17.5 Å². The highest BCUT2D eigenvalue weighted by Gasteiger charge is 2.29. The average Bonchev–Trinajstić information content (AvgIpc) is 2.74. The first-order valence-electron chi connectivity index (χ1n) is 10.1. The summed E-state index contributed by atoms with van der Waals surface area (Å²) in [5, 5.41) is 4.22. The van der Waals surface area contributed by atoms with Crippen LogP contribution < -0.4 is 10.1 Å². The average molecular weight is 485 g/mol. The van der Waals surface area contributed by atoms with Gasteiger partial charge in [-0.2, -0.15) is 0 Å². The molecule has 1 N–H and O–H groups in total. The number of aryl methyl sites for hydroxylation is 1. The molecule has 0 saturated carbocycles. The van der Waals surface area contributed by atoms with E-state index in [2.05, 4.69) is 5.32 Å². The molecule has 0 aliphatic carbocycles. The smallest absolute Gasteiger partial charge is 0.349 e. The Hall–Kier alpha value is -1.63. The van der Waals surface area contributed by atoms with Crippen LogP contribution in [-0.4, -0.2) is 43.2 Å². The maximum Gasteiger partial charge on any atom is 0.349 e. The lowest BCUT2D eigenvalue weighted by molar-refractivity contribution is 0.210. The third-order valence-corrected chi connectivity index (χ3v) is 7.28. The number of ether oxygens (including phenoxy) is 1. The molecule has 170 valence electrons. The summed E-state index contributed by atoms with van der Waals surface area (Å²) in [6.45, 7) is 6.59. The van der Waals surface area contributed by atoms with Gasteiger partial charge in [-0.3, -0.25) is 4.57 Å². The Balaban J connectivity index is 2.26. The summed E-state index contributed by atoms with van der Waals surface area (Å²) in [7, 11) is -1.78. The van der Waals surface area contributed by atoms with Crippen molar-refractivity contribution in [1.29, 1.82) is 0 Å². The van der Waals surface area contributed by atoms with Crippen LogP contribution in [0.25, 0.3) is 0 Å². The largest absolute Gasteiger partial charge is 0.495 e. The van der Waals surface area contributed by atoms with Crippen LogP contribution in [0.4, 0.5) is 5.69 Å². The molecule has 0 bridgehead atoms. The summed E-state index contributed by atoms with van der Waals surface area (Å²) >= 11 is 11.9. The summed E-state index contributed by atoms with van der Waals surface area (Å²) in [5.74, 6) is 0.568. The number of benzene rings is 2. The third-order valence-electron chi connectivity index (χ3n) is 4.52. The van der Waals surface area contributed by atoms with Crippen LogP contribution >= 0.6 is 31.4 Å². The first-order valence-corrected chi connectivity index (χ1v) is 12.7. The Labute approximate surface area is 195 Å². The molecule has 0 atom stereocenters. The minimum atomic E-state index is -3.35. The van der Waals surface area contributed by atoms with Crippen molar-refractivity contribution in [3.05, 3.63) is 58.6 Å². The minimum Gasteiger partial charge on any atom is -0.495 e. The maximum atomic E-state index is 13.2. The van der Waals surface area contributed by atoms with Crippen molar-refractivity contribution < 1.29 is 18.3 Å². The van der Waals surface area contributed by atoms with Crippen LogP contribution in [0.15, 0.2) is 42.5 Å². The standard InChI is InChI=1S/C22H30ClN2O4PS/c1-5-28-30(26,29-6-2)16-25(13-12-18-10-8-7-9-11-18)22(31)24-20-14-17(3)19(23)15-21(20)27-4/h7-11,14-15H,5-6,12-13,16H2,1-4H3,(H,24,31). The molecule has 0 aliphatic heterocycles. The number of thiocarbonyl (C=S) groups is 1. The zero-order valence-corrected chi connectivity index (χ0v) is 20.9. The fourth-order valence-electron chi connectivity index (χ4n) is 2.99. The van der Waals surface area contributed by atoms with Gasteiger partial charge < -0.3 is 24.0 Å². The summed E-state index contributed by atoms with van der Waals surface area (Å²) in [6, 6.07) is 13.7. The van der Waals surface area contributed by atoms with Gasteiger partial charge in [-0.05, 0) is 56.6 Å². The zero-order valence-electron chi connectivity index (χ0n) is 18.4. The van der Waals surface area contributed by atoms with E-state index in [-0.39, 0.29) is 19.5 Å². The number of nitrogens with one attached hydrogen (secondary N) is 1. The summed E-state index contributed by atoms with van der Waals surface area (Å²) in [6.07, 6.45) is 0.764. The van der Waals surface area contributed by atoms with Gasteiger partial charge in [0.15, 0.2) is 5.11 Å². The molecule has 0 fully saturated rings. The minimum absolute atomic E-state index is 0.0439. The van der Waals surface area contributed by atoms with Crippen LogP contribution in [0.5, 0.6) is 5.75 Å². The maximum absolute atomic E-state index is 13.2. The molecule has 0 heterocycles. The van der Waals surface area contributed by atoms with E-state index in [4.69, 9.17) is 37.6 Å². The predicted octanol–water partition coefficient (Wildman–Crippen LogP) is 6.12. The summed E-state index contributed by atoms with van der Waals surface area (Å²) in [5.41, 5.74) is 2.72. The lowest BCUT2D eigenvalue weighted by Gasteiger charge is -2.29. The van der Waals surface area contributed by atoms with Crippen molar-refractivity contribution in [2.45, 2.75) is 27.2 Å². The number of halogens is 1. The van der Waals surface area contributed by atoms with Gasteiger partial charge in [-0.15, -0.1) is 0 Å². The number of nitrogens with zero attached hydrogens (tertiary/aromatic N) is 1. The van der Waals surface area contributed by atoms with Crippen molar-refractivity contribution in [1.82, 2.24) is 4.90 Å². The molecule has 2 aromatic rings. The second-order valence-corrected chi connectivity index (χ2v) is 9.63. The van der Waals surface area contributed by atoms with E-state index in [9.17, 15) is 4.57 Å². The van der Waals surface area contributed by atoms with Gasteiger partial charge in [-0.25, -0.2) is 0 Å². The lowest BCUT2D eigenvalue weighted by atomic mass is 10.1. The third kappa shape index (κ3) is 7.78. The van der Waals surface area contributed by atoms with E-state index in [1.807, 2.05) is 48.2 Å². The highest BCUT2D eigenvalue weighted by atomic mass is 35.5. The lowest BCUT2D eigenvalue weighted by Crippen LogP contribution is -2.37. The molecule has 2 aromatic carbocycles. The van der Waals surface area contributed by atoms with Crippen LogP contribution in [0.1, 0.15) is 25.0 Å². The normalized spacial score (nSPS) is 11.3. The Morgan fingerprint density at radius 2 is 1.81 bits per heavy atom. The quantitative estimate of drug-likeness (QED) is 0.304. The van der Waals surface area contributed by atoms with Crippen molar-refractivity contribution in [2.75, 3.05) is 38.5 Å². The van der Waals surface area contributed by atoms with Gasteiger partial charge in [0.25, 0.3) is 0 Å².